The van der Waals surface area contributed by atoms with Crippen LogP contribution in [-0.2, 0) is 9.59 Å². The SMILES string of the molecule is CC(C)(C)[C@@H](NC(=O)CSc1ccncc1)C(=O)O. The largest absolute Gasteiger partial charge is 0.480 e. The van der Waals surface area contributed by atoms with Gasteiger partial charge < -0.3 is 10.4 Å². The van der Waals surface area contributed by atoms with E-state index >= 15 is 0 Å². The Morgan fingerprint density at radius 3 is 2.42 bits per heavy atom. The lowest BCUT2D eigenvalue weighted by molar-refractivity contribution is -0.144. The Balaban J connectivity index is 2.52. The quantitative estimate of drug-likeness (QED) is 0.805. The van der Waals surface area contributed by atoms with Gasteiger partial charge in [0.2, 0.25) is 5.91 Å². The van der Waals surface area contributed by atoms with Gasteiger partial charge in [0.05, 0.1) is 5.75 Å². The molecular formula is C13H18N2O3S. The Bertz CT molecular complexity index is 443. The molecule has 1 atom stereocenters. The monoisotopic (exact) mass is 282 g/mol. The first-order valence-corrected chi connectivity index (χ1v) is 6.84. The van der Waals surface area contributed by atoms with E-state index in [4.69, 9.17) is 5.11 Å². The van der Waals surface area contributed by atoms with Crippen LogP contribution in [0.1, 0.15) is 20.8 Å². The maximum Gasteiger partial charge on any atom is 0.326 e. The molecular weight excluding hydrogens is 264 g/mol. The van der Waals surface area contributed by atoms with Crippen LogP contribution in [0.3, 0.4) is 0 Å². The van der Waals surface area contributed by atoms with Crippen molar-refractivity contribution in [1.29, 1.82) is 0 Å². The number of carboxylic acids is 1. The van der Waals surface area contributed by atoms with Crippen molar-refractivity contribution in [3.8, 4) is 0 Å². The smallest absolute Gasteiger partial charge is 0.326 e. The van der Waals surface area contributed by atoms with Crippen molar-refractivity contribution in [2.75, 3.05) is 5.75 Å². The summed E-state index contributed by atoms with van der Waals surface area (Å²) < 4.78 is 0. The lowest BCUT2D eigenvalue weighted by atomic mass is 9.87. The predicted molar refractivity (Wildman–Crippen MR) is 74.0 cm³/mol. The summed E-state index contributed by atoms with van der Waals surface area (Å²) in [6.07, 6.45) is 3.30. The number of carboxylic acid groups (broad SMARTS) is 1. The molecule has 0 aliphatic rings. The Hall–Kier alpha value is -1.56. The average Bonchev–Trinajstić information content (AvgIpc) is 2.33. The third-order valence-corrected chi connectivity index (χ3v) is 3.45. The molecule has 0 unspecified atom stereocenters. The number of hydrogen-bond acceptors (Lipinski definition) is 4. The second-order valence-electron chi connectivity index (χ2n) is 5.18. The van der Waals surface area contributed by atoms with Gasteiger partial charge in [0, 0.05) is 17.3 Å². The molecule has 0 fully saturated rings. The van der Waals surface area contributed by atoms with Gasteiger partial charge >= 0.3 is 5.97 Å². The fourth-order valence-corrected chi connectivity index (χ4v) is 2.13. The zero-order valence-electron chi connectivity index (χ0n) is 11.2. The number of nitrogens with zero attached hydrogens (tertiary/aromatic N) is 1. The highest BCUT2D eigenvalue weighted by Gasteiger charge is 2.32. The lowest BCUT2D eigenvalue weighted by Gasteiger charge is -2.27. The standard InChI is InChI=1S/C13H18N2O3S/c1-13(2,3)11(12(17)18)15-10(16)8-19-9-4-6-14-7-5-9/h4-7,11H,8H2,1-3H3,(H,15,16)(H,17,18)/t11-/m0/s1. The maximum absolute atomic E-state index is 11.8. The molecule has 0 radical (unpaired) electrons. The van der Waals surface area contributed by atoms with Gasteiger partial charge in [-0.15, -0.1) is 11.8 Å². The van der Waals surface area contributed by atoms with Crippen molar-refractivity contribution in [3.05, 3.63) is 24.5 Å². The van der Waals surface area contributed by atoms with Gasteiger partial charge in [0.25, 0.3) is 0 Å². The van der Waals surface area contributed by atoms with Crippen molar-refractivity contribution >= 4 is 23.6 Å². The van der Waals surface area contributed by atoms with E-state index in [1.165, 1.54) is 11.8 Å². The molecule has 1 aromatic heterocycles. The van der Waals surface area contributed by atoms with Crippen molar-refractivity contribution in [2.45, 2.75) is 31.7 Å². The van der Waals surface area contributed by atoms with Crippen LogP contribution in [0.5, 0.6) is 0 Å². The summed E-state index contributed by atoms with van der Waals surface area (Å²) in [5.74, 6) is -1.12. The summed E-state index contributed by atoms with van der Waals surface area (Å²) in [5, 5.41) is 11.7. The topological polar surface area (TPSA) is 79.3 Å². The number of carbonyl (C=O) groups excluding carboxylic acids is 1. The predicted octanol–water partition coefficient (Wildman–Crippen LogP) is 1.79. The van der Waals surface area contributed by atoms with Crippen molar-refractivity contribution < 1.29 is 14.7 Å². The molecule has 0 aliphatic heterocycles. The zero-order valence-corrected chi connectivity index (χ0v) is 12.0. The van der Waals surface area contributed by atoms with Gasteiger partial charge in [0.15, 0.2) is 0 Å². The van der Waals surface area contributed by atoms with Crippen LogP contribution in [0.2, 0.25) is 0 Å². The number of carbonyl (C=O) groups is 2. The summed E-state index contributed by atoms with van der Waals surface area (Å²) in [6.45, 7) is 5.34. The number of rotatable bonds is 5. The summed E-state index contributed by atoms with van der Waals surface area (Å²) in [5.41, 5.74) is -0.525. The van der Waals surface area contributed by atoms with Crippen LogP contribution < -0.4 is 5.32 Å². The molecule has 0 bridgehead atoms. The van der Waals surface area contributed by atoms with Gasteiger partial charge in [-0.2, -0.15) is 0 Å². The second kappa shape index (κ2) is 6.56. The third-order valence-electron chi connectivity index (χ3n) is 2.44. The minimum atomic E-state index is -1.02. The Labute approximate surface area is 116 Å². The van der Waals surface area contributed by atoms with Gasteiger partial charge in [-0.05, 0) is 17.5 Å². The highest BCUT2D eigenvalue weighted by Crippen LogP contribution is 2.20. The molecule has 0 spiro atoms. The van der Waals surface area contributed by atoms with E-state index in [1.54, 1.807) is 45.3 Å². The van der Waals surface area contributed by atoms with E-state index in [9.17, 15) is 9.59 Å². The summed E-state index contributed by atoms with van der Waals surface area (Å²) in [7, 11) is 0. The van der Waals surface area contributed by atoms with Gasteiger partial charge in [-0.25, -0.2) is 4.79 Å². The molecule has 1 aromatic rings. The van der Waals surface area contributed by atoms with Crippen LogP contribution in [0.4, 0.5) is 0 Å². The molecule has 0 aromatic carbocycles. The summed E-state index contributed by atoms with van der Waals surface area (Å²) in [6, 6.07) is 2.71. The van der Waals surface area contributed by atoms with Crippen molar-refractivity contribution in [3.63, 3.8) is 0 Å². The Morgan fingerprint density at radius 1 is 1.37 bits per heavy atom. The summed E-state index contributed by atoms with van der Waals surface area (Å²) in [4.78, 5) is 27.7. The number of pyridine rings is 1. The van der Waals surface area contributed by atoms with Crippen LogP contribution in [0, 0.1) is 5.41 Å². The lowest BCUT2D eigenvalue weighted by Crippen LogP contribution is -2.49. The normalized spacial score (nSPS) is 12.8. The number of aliphatic carboxylic acids is 1. The van der Waals surface area contributed by atoms with Crippen LogP contribution >= 0.6 is 11.8 Å². The van der Waals surface area contributed by atoms with E-state index in [0.29, 0.717) is 0 Å². The molecule has 2 N–H and O–H groups in total. The van der Waals surface area contributed by atoms with E-state index in [-0.39, 0.29) is 11.7 Å². The van der Waals surface area contributed by atoms with Crippen LogP contribution in [-0.4, -0.2) is 33.8 Å². The number of nitrogens with one attached hydrogen (secondary N) is 1. The highest BCUT2D eigenvalue weighted by atomic mass is 32.2. The molecule has 19 heavy (non-hydrogen) atoms. The minimum absolute atomic E-state index is 0.184. The number of amides is 1. The first-order chi connectivity index (χ1) is 8.80. The first kappa shape index (κ1) is 15.5. The van der Waals surface area contributed by atoms with Crippen LogP contribution in [0.15, 0.2) is 29.4 Å². The second-order valence-corrected chi connectivity index (χ2v) is 6.23. The zero-order chi connectivity index (χ0) is 14.5. The van der Waals surface area contributed by atoms with E-state index in [1.807, 2.05) is 0 Å². The third kappa shape index (κ3) is 5.30. The van der Waals surface area contributed by atoms with Crippen molar-refractivity contribution in [2.24, 2.45) is 5.41 Å². The van der Waals surface area contributed by atoms with E-state index in [0.717, 1.165) is 4.90 Å². The molecule has 104 valence electrons. The fourth-order valence-electron chi connectivity index (χ4n) is 1.43. The number of aromatic nitrogens is 1. The van der Waals surface area contributed by atoms with Crippen LogP contribution in [0.25, 0.3) is 0 Å². The number of thioether (sulfide) groups is 1. The molecule has 1 heterocycles. The highest BCUT2D eigenvalue weighted by molar-refractivity contribution is 8.00. The first-order valence-electron chi connectivity index (χ1n) is 5.85. The molecule has 0 aliphatic carbocycles. The van der Waals surface area contributed by atoms with Gasteiger partial charge in [-0.1, -0.05) is 20.8 Å². The average molecular weight is 282 g/mol. The molecule has 0 saturated heterocycles. The number of hydrogen-bond donors (Lipinski definition) is 2. The maximum atomic E-state index is 11.8. The molecule has 5 nitrogen and oxygen atoms in total. The van der Waals surface area contributed by atoms with Gasteiger partial charge in [0.1, 0.15) is 6.04 Å². The Morgan fingerprint density at radius 2 is 1.95 bits per heavy atom. The molecule has 1 amide bonds. The minimum Gasteiger partial charge on any atom is -0.480 e. The molecule has 6 heteroatoms. The Kier molecular flexibility index (Phi) is 5.35. The molecule has 1 rings (SSSR count). The fraction of sp³-hybridized carbons (Fsp3) is 0.462. The van der Waals surface area contributed by atoms with E-state index in [2.05, 4.69) is 10.3 Å². The van der Waals surface area contributed by atoms with Gasteiger partial charge in [-0.3, -0.25) is 9.78 Å². The summed E-state index contributed by atoms with van der Waals surface area (Å²) >= 11 is 1.35. The van der Waals surface area contributed by atoms with Crippen molar-refractivity contribution in [1.82, 2.24) is 10.3 Å². The molecule has 0 saturated carbocycles. The van der Waals surface area contributed by atoms with E-state index < -0.39 is 17.4 Å².